The van der Waals surface area contributed by atoms with Crippen LogP contribution in [0.5, 0.6) is 0 Å². The fourth-order valence-electron chi connectivity index (χ4n) is 6.45. The number of para-hydroxylation sites is 2. The molecule has 1 saturated heterocycles. The fourth-order valence-corrected chi connectivity index (χ4v) is 6.45. The van der Waals surface area contributed by atoms with E-state index in [0.29, 0.717) is 24.7 Å². The Morgan fingerprint density at radius 3 is 2.32 bits per heavy atom. The second-order valence-electron chi connectivity index (χ2n) is 10.6. The molecule has 3 fully saturated rings. The molecule has 0 spiro atoms. The number of hydrogen-bond donors (Lipinski definition) is 2. The molecule has 7 heteroatoms. The second-order valence-corrected chi connectivity index (χ2v) is 10.6. The molecular weight excluding hydrogens is 428 g/mol. The normalized spacial score (nSPS) is 25.8. The minimum atomic E-state index is -0.746. The summed E-state index contributed by atoms with van der Waals surface area (Å²) in [6, 6.07) is 8.76. The number of aromatic nitrogens is 2. The third-order valence-electron chi connectivity index (χ3n) is 8.37. The van der Waals surface area contributed by atoms with Gasteiger partial charge in [0.2, 0.25) is 0 Å². The van der Waals surface area contributed by atoms with Gasteiger partial charge in [-0.25, -0.2) is 4.98 Å². The zero-order chi connectivity index (χ0) is 23.5. The number of carboxylic acids is 1. The zero-order valence-corrected chi connectivity index (χ0v) is 20.1. The van der Waals surface area contributed by atoms with E-state index in [9.17, 15) is 14.7 Å². The van der Waals surface area contributed by atoms with Crippen LogP contribution in [0.1, 0.15) is 83.1 Å². The minimum Gasteiger partial charge on any atom is -0.481 e. The van der Waals surface area contributed by atoms with Gasteiger partial charge in [0.15, 0.2) is 5.82 Å². The van der Waals surface area contributed by atoms with E-state index in [2.05, 4.69) is 15.2 Å². The van der Waals surface area contributed by atoms with Crippen molar-refractivity contribution in [2.45, 2.75) is 95.2 Å². The molecule has 5 rings (SSSR count). The standard InChI is InChI=1S/C27H38N4O3/c32-26-25(28-20-13-12-19(18-20)27(33)34)29-23-10-6-7-11-24(23)31(26)22-14-16-30(17-15-22)21-8-4-2-1-3-5-9-21/h6-7,10-11,19-22H,1-5,8-9,12-18H2,(H,28,29)(H,33,34)/t19-,20+/m0/s1. The van der Waals surface area contributed by atoms with Crippen molar-refractivity contribution >= 4 is 22.8 Å². The van der Waals surface area contributed by atoms with Crippen LogP contribution < -0.4 is 10.9 Å². The Morgan fingerprint density at radius 1 is 0.912 bits per heavy atom. The minimum absolute atomic E-state index is 0.0166. The first-order valence-corrected chi connectivity index (χ1v) is 13.3. The number of carboxylic acid groups (broad SMARTS) is 1. The zero-order valence-electron chi connectivity index (χ0n) is 20.1. The summed E-state index contributed by atoms with van der Waals surface area (Å²) in [4.78, 5) is 32.4. The van der Waals surface area contributed by atoms with Crippen molar-refractivity contribution < 1.29 is 9.90 Å². The van der Waals surface area contributed by atoms with E-state index in [1.807, 2.05) is 28.8 Å². The molecule has 34 heavy (non-hydrogen) atoms. The van der Waals surface area contributed by atoms with Gasteiger partial charge in [-0.05, 0) is 57.1 Å². The van der Waals surface area contributed by atoms with E-state index in [-0.39, 0.29) is 23.6 Å². The molecule has 2 aliphatic carbocycles. The molecule has 184 valence electrons. The molecule has 2 heterocycles. The molecule has 0 unspecified atom stereocenters. The first-order valence-electron chi connectivity index (χ1n) is 13.3. The summed E-state index contributed by atoms with van der Waals surface area (Å²) in [5.74, 6) is -0.709. The number of nitrogens with one attached hydrogen (secondary N) is 1. The molecule has 2 aromatic rings. The molecule has 0 bridgehead atoms. The second kappa shape index (κ2) is 10.5. The van der Waals surface area contributed by atoms with E-state index in [1.165, 1.54) is 44.9 Å². The number of nitrogens with zero attached hydrogens (tertiary/aromatic N) is 3. The fraction of sp³-hybridized carbons (Fsp3) is 0.667. The van der Waals surface area contributed by atoms with E-state index in [1.54, 1.807) is 0 Å². The van der Waals surface area contributed by atoms with Crippen molar-refractivity contribution in [3.63, 3.8) is 0 Å². The summed E-state index contributed by atoms with van der Waals surface area (Å²) in [6.07, 6.45) is 13.4. The SMILES string of the molecule is O=C(O)[C@H]1CC[C@@H](Nc2nc3ccccc3n(C3CCN(C4CCCCCCC4)CC3)c2=O)C1. The topological polar surface area (TPSA) is 87.5 Å². The molecule has 0 amide bonds. The number of piperidine rings is 1. The first kappa shape index (κ1) is 23.3. The number of hydrogen-bond acceptors (Lipinski definition) is 5. The van der Waals surface area contributed by atoms with Crippen LogP contribution >= 0.6 is 0 Å². The molecule has 3 aliphatic rings. The number of benzene rings is 1. The molecule has 2 N–H and O–H groups in total. The van der Waals surface area contributed by atoms with E-state index in [4.69, 9.17) is 0 Å². The van der Waals surface area contributed by atoms with Crippen molar-refractivity contribution in [2.24, 2.45) is 5.92 Å². The summed E-state index contributed by atoms with van der Waals surface area (Å²) in [6.45, 7) is 2.09. The van der Waals surface area contributed by atoms with Crippen LogP contribution in [-0.2, 0) is 4.79 Å². The van der Waals surface area contributed by atoms with Gasteiger partial charge in [0, 0.05) is 31.2 Å². The van der Waals surface area contributed by atoms with Crippen LogP contribution in [0, 0.1) is 5.92 Å². The van der Waals surface area contributed by atoms with Crippen LogP contribution in [0.4, 0.5) is 5.82 Å². The van der Waals surface area contributed by atoms with Gasteiger partial charge in [-0.2, -0.15) is 0 Å². The summed E-state index contributed by atoms with van der Waals surface area (Å²) in [5, 5.41) is 12.7. The molecule has 7 nitrogen and oxygen atoms in total. The van der Waals surface area contributed by atoms with E-state index >= 15 is 0 Å². The lowest BCUT2D eigenvalue weighted by molar-refractivity contribution is -0.141. The summed E-state index contributed by atoms with van der Waals surface area (Å²) < 4.78 is 1.98. The highest BCUT2D eigenvalue weighted by molar-refractivity contribution is 5.76. The Hall–Kier alpha value is -2.41. The molecule has 0 radical (unpaired) electrons. The van der Waals surface area contributed by atoms with Gasteiger partial charge in [-0.3, -0.25) is 9.59 Å². The molecule has 1 aliphatic heterocycles. The van der Waals surface area contributed by atoms with E-state index < -0.39 is 5.97 Å². The van der Waals surface area contributed by atoms with E-state index in [0.717, 1.165) is 43.4 Å². The number of aliphatic carboxylic acids is 1. The summed E-state index contributed by atoms with van der Waals surface area (Å²) in [5.41, 5.74) is 1.65. The Kier molecular flexibility index (Phi) is 7.18. The Labute approximate surface area is 201 Å². The molecule has 1 aromatic carbocycles. The Balaban J connectivity index is 1.35. The lowest BCUT2D eigenvalue weighted by Gasteiger charge is -2.39. The third kappa shape index (κ3) is 4.99. The van der Waals surface area contributed by atoms with Gasteiger partial charge in [0.05, 0.1) is 17.0 Å². The number of fused-ring (bicyclic) bond motifs is 1. The molecule has 2 atom stereocenters. The summed E-state index contributed by atoms with van der Waals surface area (Å²) >= 11 is 0. The largest absolute Gasteiger partial charge is 0.481 e. The Bertz CT molecular complexity index is 1050. The van der Waals surface area contributed by atoms with Crippen LogP contribution in [0.3, 0.4) is 0 Å². The van der Waals surface area contributed by atoms with Crippen LogP contribution in [0.2, 0.25) is 0 Å². The number of carbonyl (C=O) groups is 1. The van der Waals surface area contributed by atoms with Crippen molar-refractivity contribution in [3.8, 4) is 0 Å². The van der Waals surface area contributed by atoms with Gasteiger partial charge in [0.25, 0.3) is 5.56 Å². The quantitative estimate of drug-likeness (QED) is 0.657. The lowest BCUT2D eigenvalue weighted by Crippen LogP contribution is -2.43. The van der Waals surface area contributed by atoms with Crippen molar-refractivity contribution in [1.29, 1.82) is 0 Å². The summed E-state index contributed by atoms with van der Waals surface area (Å²) in [7, 11) is 0. The lowest BCUT2D eigenvalue weighted by atomic mass is 9.93. The monoisotopic (exact) mass is 466 g/mol. The van der Waals surface area contributed by atoms with Crippen molar-refractivity contribution in [3.05, 3.63) is 34.6 Å². The van der Waals surface area contributed by atoms with Crippen molar-refractivity contribution in [1.82, 2.24) is 14.5 Å². The number of rotatable bonds is 5. The van der Waals surface area contributed by atoms with Crippen molar-refractivity contribution in [2.75, 3.05) is 18.4 Å². The van der Waals surface area contributed by atoms with Gasteiger partial charge in [0.1, 0.15) is 0 Å². The molecular formula is C27H38N4O3. The maximum absolute atomic E-state index is 13.7. The van der Waals surface area contributed by atoms with Gasteiger partial charge in [-0.1, -0.05) is 44.2 Å². The van der Waals surface area contributed by atoms with Crippen LogP contribution in [0.15, 0.2) is 29.1 Å². The van der Waals surface area contributed by atoms with Crippen LogP contribution in [0.25, 0.3) is 11.0 Å². The number of likely N-dealkylation sites (tertiary alicyclic amines) is 1. The maximum atomic E-state index is 13.7. The highest BCUT2D eigenvalue weighted by Gasteiger charge is 2.32. The number of anilines is 1. The molecule has 2 saturated carbocycles. The third-order valence-corrected chi connectivity index (χ3v) is 8.37. The molecule has 1 aromatic heterocycles. The van der Waals surface area contributed by atoms with Gasteiger partial charge < -0.3 is 19.9 Å². The average molecular weight is 467 g/mol. The smallest absolute Gasteiger partial charge is 0.306 e. The highest BCUT2D eigenvalue weighted by atomic mass is 16.4. The van der Waals surface area contributed by atoms with Gasteiger partial charge >= 0.3 is 5.97 Å². The predicted molar refractivity (Wildman–Crippen MR) is 134 cm³/mol. The average Bonchev–Trinajstić information content (AvgIpc) is 3.29. The maximum Gasteiger partial charge on any atom is 0.306 e. The predicted octanol–water partition coefficient (Wildman–Crippen LogP) is 4.81. The first-order chi connectivity index (χ1) is 16.6. The van der Waals surface area contributed by atoms with Crippen LogP contribution in [-0.4, -0.2) is 50.7 Å². The van der Waals surface area contributed by atoms with Gasteiger partial charge in [-0.15, -0.1) is 0 Å². The highest BCUT2D eigenvalue weighted by Crippen LogP contribution is 2.31. The Morgan fingerprint density at radius 2 is 1.62 bits per heavy atom.